The van der Waals surface area contributed by atoms with Crippen molar-refractivity contribution in [2.75, 3.05) is 10.6 Å². The first-order valence-corrected chi connectivity index (χ1v) is 10.1. The number of amides is 1. The minimum absolute atomic E-state index is 0.130. The Morgan fingerprint density at radius 3 is 2.36 bits per heavy atom. The van der Waals surface area contributed by atoms with Crippen LogP contribution in [0.1, 0.15) is 48.4 Å². The van der Waals surface area contributed by atoms with Crippen LogP contribution in [0.15, 0.2) is 48.9 Å². The summed E-state index contributed by atoms with van der Waals surface area (Å²) >= 11 is 5.98. The highest BCUT2D eigenvalue weighted by Crippen LogP contribution is 2.37. The van der Waals surface area contributed by atoms with Crippen molar-refractivity contribution >= 4 is 34.8 Å². The van der Waals surface area contributed by atoms with Gasteiger partial charge in [-0.3, -0.25) is 4.79 Å². The van der Waals surface area contributed by atoms with E-state index < -0.39 is 29.2 Å². The summed E-state index contributed by atoms with van der Waals surface area (Å²) in [7, 11) is 0. The molecule has 33 heavy (non-hydrogen) atoms. The van der Waals surface area contributed by atoms with Gasteiger partial charge in [-0.1, -0.05) is 32.4 Å². The molecule has 11 heteroatoms. The zero-order valence-electron chi connectivity index (χ0n) is 17.9. The number of halogens is 4. The number of hydrogen-bond donors (Lipinski definition) is 3. The number of carbonyl (C=O) groups excluding carboxylic acids is 1. The molecule has 3 aromatic heterocycles. The summed E-state index contributed by atoms with van der Waals surface area (Å²) in [6.07, 6.45) is -1.98. The van der Waals surface area contributed by atoms with Crippen molar-refractivity contribution in [3.8, 4) is 0 Å². The highest BCUT2D eigenvalue weighted by atomic mass is 35.5. The number of nitrogens with zero attached hydrogens (tertiary/aromatic N) is 3. The molecule has 0 saturated heterocycles. The minimum Gasteiger partial charge on any atom is -0.388 e. The second kappa shape index (κ2) is 9.32. The van der Waals surface area contributed by atoms with Crippen LogP contribution in [0.25, 0.3) is 0 Å². The third-order valence-electron chi connectivity index (χ3n) is 4.63. The predicted molar refractivity (Wildman–Crippen MR) is 118 cm³/mol. The standard InChI is InChI=1S/C22H21ClF3N5O2/c1-21(2,3)19(32)14-9-16(23)28-11-15(14)30-20(33)12-6-7-27-18(8-12)31-17-5-4-13(10-29-17)22(24,25)26/h4-11,19,32H,1-3H3,(H,30,33)(H,27,29,31). The van der Waals surface area contributed by atoms with Crippen molar-refractivity contribution in [2.45, 2.75) is 33.1 Å². The molecule has 0 aliphatic carbocycles. The molecule has 0 bridgehead atoms. The Morgan fingerprint density at radius 1 is 1.03 bits per heavy atom. The van der Waals surface area contributed by atoms with E-state index in [1.807, 2.05) is 20.8 Å². The molecule has 3 N–H and O–H groups in total. The second-order valence-corrected chi connectivity index (χ2v) is 8.69. The summed E-state index contributed by atoms with van der Waals surface area (Å²) < 4.78 is 38.1. The van der Waals surface area contributed by atoms with Crippen LogP contribution in [-0.4, -0.2) is 26.0 Å². The first-order chi connectivity index (χ1) is 15.3. The minimum atomic E-state index is -4.49. The Kier molecular flexibility index (Phi) is 6.89. The number of anilines is 3. The van der Waals surface area contributed by atoms with Crippen LogP contribution < -0.4 is 10.6 Å². The van der Waals surface area contributed by atoms with Gasteiger partial charge in [0, 0.05) is 23.5 Å². The van der Waals surface area contributed by atoms with E-state index in [0.29, 0.717) is 17.4 Å². The van der Waals surface area contributed by atoms with Crippen molar-refractivity contribution in [1.82, 2.24) is 15.0 Å². The predicted octanol–water partition coefficient (Wildman–Crippen LogP) is 5.62. The van der Waals surface area contributed by atoms with Gasteiger partial charge >= 0.3 is 6.18 Å². The molecular weight excluding hydrogens is 459 g/mol. The average Bonchev–Trinajstić information content (AvgIpc) is 2.73. The third kappa shape index (κ3) is 6.17. The van der Waals surface area contributed by atoms with E-state index in [-0.39, 0.29) is 22.4 Å². The number of rotatable bonds is 5. The van der Waals surface area contributed by atoms with Crippen molar-refractivity contribution < 1.29 is 23.1 Å². The zero-order chi connectivity index (χ0) is 24.4. The number of aliphatic hydroxyl groups is 1. The van der Waals surface area contributed by atoms with Gasteiger partial charge in [-0.05, 0) is 35.7 Å². The zero-order valence-corrected chi connectivity index (χ0v) is 18.7. The van der Waals surface area contributed by atoms with Gasteiger partial charge in [0.2, 0.25) is 0 Å². The molecule has 1 amide bonds. The molecular formula is C22H21ClF3N5O2. The molecule has 3 rings (SSSR count). The molecule has 1 atom stereocenters. The molecule has 0 radical (unpaired) electrons. The van der Waals surface area contributed by atoms with Crippen molar-refractivity contribution in [3.63, 3.8) is 0 Å². The van der Waals surface area contributed by atoms with E-state index in [1.54, 1.807) is 0 Å². The lowest BCUT2D eigenvalue weighted by molar-refractivity contribution is -0.137. The number of aromatic nitrogens is 3. The third-order valence-corrected chi connectivity index (χ3v) is 4.84. The van der Waals surface area contributed by atoms with Gasteiger partial charge in [0.1, 0.15) is 16.8 Å². The number of pyridine rings is 3. The van der Waals surface area contributed by atoms with Gasteiger partial charge in [-0.15, -0.1) is 0 Å². The monoisotopic (exact) mass is 479 g/mol. The van der Waals surface area contributed by atoms with Crippen LogP contribution in [0.4, 0.5) is 30.5 Å². The maximum Gasteiger partial charge on any atom is 0.417 e. The topological polar surface area (TPSA) is 100 Å². The van der Waals surface area contributed by atoms with E-state index in [2.05, 4.69) is 25.6 Å². The largest absolute Gasteiger partial charge is 0.417 e. The summed E-state index contributed by atoms with van der Waals surface area (Å²) in [4.78, 5) is 24.6. The maximum atomic E-state index is 12.8. The lowest BCUT2D eigenvalue weighted by Crippen LogP contribution is -2.21. The molecule has 174 valence electrons. The van der Waals surface area contributed by atoms with E-state index in [0.717, 1.165) is 12.1 Å². The van der Waals surface area contributed by atoms with Gasteiger partial charge in [0.15, 0.2) is 0 Å². The Bertz CT molecular complexity index is 1150. The molecule has 0 saturated carbocycles. The maximum absolute atomic E-state index is 12.8. The van der Waals surface area contributed by atoms with Crippen molar-refractivity contribution in [2.24, 2.45) is 5.41 Å². The second-order valence-electron chi connectivity index (χ2n) is 8.30. The van der Waals surface area contributed by atoms with Gasteiger partial charge < -0.3 is 15.7 Å². The van der Waals surface area contributed by atoms with Crippen molar-refractivity contribution in [1.29, 1.82) is 0 Å². The lowest BCUT2D eigenvalue weighted by atomic mass is 9.84. The number of hydrogen-bond acceptors (Lipinski definition) is 6. The quantitative estimate of drug-likeness (QED) is 0.411. The number of carbonyl (C=O) groups is 1. The fraction of sp³-hybridized carbons (Fsp3) is 0.273. The molecule has 1 unspecified atom stereocenters. The molecule has 0 fully saturated rings. The summed E-state index contributed by atoms with van der Waals surface area (Å²) in [5, 5.41) is 16.3. The van der Waals surface area contributed by atoms with Gasteiger partial charge in [-0.2, -0.15) is 13.2 Å². The summed E-state index contributed by atoms with van der Waals surface area (Å²) in [5.74, 6) is -0.169. The van der Waals surface area contributed by atoms with E-state index in [1.165, 1.54) is 30.6 Å². The molecule has 0 spiro atoms. The lowest BCUT2D eigenvalue weighted by Gasteiger charge is -2.27. The highest BCUT2D eigenvalue weighted by molar-refractivity contribution is 6.29. The number of alkyl halides is 3. The molecule has 3 heterocycles. The fourth-order valence-corrected chi connectivity index (χ4v) is 3.01. The van der Waals surface area contributed by atoms with E-state index >= 15 is 0 Å². The Balaban J connectivity index is 1.79. The normalized spacial score (nSPS) is 12.8. The van der Waals surface area contributed by atoms with Crippen LogP contribution in [0.3, 0.4) is 0 Å². The van der Waals surface area contributed by atoms with Crippen LogP contribution in [-0.2, 0) is 6.18 Å². The van der Waals surface area contributed by atoms with Gasteiger partial charge in [0.25, 0.3) is 5.91 Å². The summed E-state index contributed by atoms with van der Waals surface area (Å²) in [6.45, 7) is 5.52. The van der Waals surface area contributed by atoms with Crippen LogP contribution in [0.2, 0.25) is 5.15 Å². The van der Waals surface area contributed by atoms with Crippen LogP contribution in [0, 0.1) is 5.41 Å². The molecule has 3 aromatic rings. The Hall–Kier alpha value is -3.24. The highest BCUT2D eigenvalue weighted by Gasteiger charge is 2.30. The van der Waals surface area contributed by atoms with E-state index in [9.17, 15) is 23.1 Å². The first-order valence-electron chi connectivity index (χ1n) is 9.76. The van der Waals surface area contributed by atoms with Crippen LogP contribution >= 0.6 is 11.6 Å². The van der Waals surface area contributed by atoms with Crippen molar-refractivity contribution in [3.05, 3.63) is 70.8 Å². The van der Waals surface area contributed by atoms with Gasteiger partial charge in [0.05, 0.1) is 23.6 Å². The number of nitrogens with one attached hydrogen (secondary N) is 2. The first kappa shape index (κ1) is 24.4. The summed E-state index contributed by atoms with van der Waals surface area (Å²) in [5.41, 5.74) is -0.476. The Labute approximate surface area is 193 Å². The number of aliphatic hydroxyl groups excluding tert-OH is 1. The molecule has 7 nitrogen and oxygen atoms in total. The van der Waals surface area contributed by atoms with Gasteiger partial charge in [-0.25, -0.2) is 15.0 Å². The summed E-state index contributed by atoms with van der Waals surface area (Å²) in [6, 6.07) is 6.42. The molecule has 0 aromatic carbocycles. The molecule has 0 aliphatic rings. The average molecular weight is 480 g/mol. The Morgan fingerprint density at radius 2 is 1.76 bits per heavy atom. The fourth-order valence-electron chi connectivity index (χ4n) is 2.84. The van der Waals surface area contributed by atoms with Crippen LogP contribution in [0.5, 0.6) is 0 Å². The molecule has 0 aliphatic heterocycles. The smallest absolute Gasteiger partial charge is 0.388 e. The van der Waals surface area contributed by atoms with E-state index in [4.69, 9.17) is 11.6 Å². The SMILES string of the molecule is CC(C)(C)C(O)c1cc(Cl)ncc1NC(=O)c1ccnc(Nc2ccc(C(F)(F)F)cn2)c1.